The zero-order valence-electron chi connectivity index (χ0n) is 9.17. The van der Waals surface area contributed by atoms with Gasteiger partial charge in [-0.05, 0) is 30.3 Å². The van der Waals surface area contributed by atoms with Crippen LogP contribution in [0.4, 0.5) is 0 Å². The van der Waals surface area contributed by atoms with Crippen molar-refractivity contribution in [1.82, 2.24) is 14.0 Å². The lowest BCUT2D eigenvalue weighted by Crippen LogP contribution is -1.92. The van der Waals surface area contributed by atoms with Crippen molar-refractivity contribution in [2.24, 2.45) is 0 Å². The first-order chi connectivity index (χ1) is 8.45. The Bertz CT molecular complexity index is 739. The van der Waals surface area contributed by atoms with Gasteiger partial charge in [0.05, 0.1) is 5.52 Å². The third-order valence-electron chi connectivity index (χ3n) is 3.16. The molecule has 0 amide bonds. The van der Waals surface area contributed by atoms with Gasteiger partial charge in [0.1, 0.15) is 11.3 Å². The number of aromatic amines is 1. The van der Waals surface area contributed by atoms with Gasteiger partial charge in [-0.3, -0.25) is 8.97 Å². The van der Waals surface area contributed by atoms with Crippen LogP contribution in [-0.4, -0.2) is 14.0 Å². The molecule has 17 heavy (non-hydrogen) atoms. The number of benzene rings is 1. The van der Waals surface area contributed by atoms with Gasteiger partial charge in [0.2, 0.25) is 0 Å². The third kappa shape index (κ3) is 1.05. The summed E-state index contributed by atoms with van der Waals surface area (Å²) in [7, 11) is 0. The SMILES string of the molecule is c1ccc(-n2c3cc[nH]c3n3cccc23)cc1. The summed E-state index contributed by atoms with van der Waals surface area (Å²) in [6, 6.07) is 16.7. The van der Waals surface area contributed by atoms with Gasteiger partial charge in [-0.25, -0.2) is 0 Å². The monoisotopic (exact) mass is 221 g/mol. The maximum Gasteiger partial charge on any atom is 0.140 e. The predicted octanol–water partition coefficient (Wildman–Crippen LogP) is 3.21. The van der Waals surface area contributed by atoms with Gasteiger partial charge in [0.25, 0.3) is 0 Å². The minimum absolute atomic E-state index is 1.13. The van der Waals surface area contributed by atoms with Gasteiger partial charge in [0, 0.05) is 18.1 Å². The minimum atomic E-state index is 1.13. The van der Waals surface area contributed by atoms with Crippen molar-refractivity contribution in [3.63, 3.8) is 0 Å². The lowest BCUT2D eigenvalue weighted by atomic mass is 10.3. The maximum atomic E-state index is 3.28. The Morgan fingerprint density at radius 3 is 2.65 bits per heavy atom. The van der Waals surface area contributed by atoms with E-state index in [0.717, 1.165) is 5.65 Å². The Morgan fingerprint density at radius 2 is 1.76 bits per heavy atom. The molecule has 0 bridgehead atoms. The molecule has 0 aliphatic heterocycles. The van der Waals surface area contributed by atoms with Crippen LogP contribution in [0, 0.1) is 0 Å². The molecule has 0 unspecified atom stereocenters. The Labute approximate surface area is 97.9 Å². The molecule has 1 N–H and O–H groups in total. The van der Waals surface area contributed by atoms with E-state index in [1.54, 1.807) is 0 Å². The molecule has 3 aromatic heterocycles. The summed E-state index contributed by atoms with van der Waals surface area (Å²) in [6.45, 7) is 0. The number of aromatic nitrogens is 3. The quantitative estimate of drug-likeness (QED) is 0.510. The van der Waals surface area contributed by atoms with E-state index in [1.165, 1.54) is 16.9 Å². The lowest BCUT2D eigenvalue weighted by molar-refractivity contribution is 1.13. The topological polar surface area (TPSA) is 25.1 Å². The molecule has 82 valence electrons. The molecule has 0 aliphatic rings. The molecule has 4 rings (SSSR count). The summed E-state index contributed by atoms with van der Waals surface area (Å²) in [5.41, 5.74) is 4.70. The lowest BCUT2D eigenvalue weighted by Gasteiger charge is -2.03. The largest absolute Gasteiger partial charge is 0.346 e. The first kappa shape index (κ1) is 8.70. The molecule has 0 fully saturated rings. The summed E-state index contributed by atoms with van der Waals surface area (Å²) in [4.78, 5) is 3.28. The zero-order valence-corrected chi connectivity index (χ0v) is 9.17. The number of nitrogens with one attached hydrogen (secondary N) is 1. The number of rotatable bonds is 1. The smallest absolute Gasteiger partial charge is 0.140 e. The molecule has 0 saturated heterocycles. The van der Waals surface area contributed by atoms with E-state index in [2.05, 4.69) is 62.6 Å². The Balaban J connectivity index is 2.22. The van der Waals surface area contributed by atoms with Crippen molar-refractivity contribution >= 4 is 16.8 Å². The molecule has 3 nitrogen and oxygen atoms in total. The van der Waals surface area contributed by atoms with Crippen LogP contribution in [0.2, 0.25) is 0 Å². The molecule has 0 spiro atoms. The summed E-state index contributed by atoms with van der Waals surface area (Å²) >= 11 is 0. The van der Waals surface area contributed by atoms with Crippen molar-refractivity contribution in [2.45, 2.75) is 0 Å². The number of nitrogens with zero attached hydrogens (tertiary/aromatic N) is 2. The van der Waals surface area contributed by atoms with Gasteiger partial charge in [0.15, 0.2) is 0 Å². The van der Waals surface area contributed by atoms with Crippen molar-refractivity contribution in [3.8, 4) is 5.69 Å². The predicted molar refractivity (Wildman–Crippen MR) is 68.6 cm³/mol. The molecule has 3 heteroatoms. The fourth-order valence-corrected chi connectivity index (χ4v) is 2.44. The molecular formula is C14H11N3. The van der Waals surface area contributed by atoms with Crippen LogP contribution in [0.5, 0.6) is 0 Å². The van der Waals surface area contributed by atoms with Crippen LogP contribution >= 0.6 is 0 Å². The van der Waals surface area contributed by atoms with Crippen molar-refractivity contribution in [2.75, 3.05) is 0 Å². The number of para-hydroxylation sites is 1. The van der Waals surface area contributed by atoms with Gasteiger partial charge < -0.3 is 4.98 Å². The fourth-order valence-electron chi connectivity index (χ4n) is 2.44. The molecule has 0 atom stereocenters. The maximum absolute atomic E-state index is 3.28. The van der Waals surface area contributed by atoms with Crippen LogP contribution in [0.3, 0.4) is 0 Å². The number of hydrogen-bond donors (Lipinski definition) is 1. The highest BCUT2D eigenvalue weighted by Crippen LogP contribution is 2.24. The molecule has 0 saturated carbocycles. The Morgan fingerprint density at radius 1 is 0.882 bits per heavy atom. The second kappa shape index (κ2) is 3.04. The van der Waals surface area contributed by atoms with Gasteiger partial charge in [-0.15, -0.1) is 0 Å². The van der Waals surface area contributed by atoms with E-state index in [-0.39, 0.29) is 0 Å². The Hall–Kier alpha value is -2.42. The summed E-state index contributed by atoms with van der Waals surface area (Å²) in [5, 5.41) is 0. The molecule has 0 aliphatic carbocycles. The number of hydrogen-bond acceptors (Lipinski definition) is 0. The van der Waals surface area contributed by atoms with Crippen molar-refractivity contribution < 1.29 is 0 Å². The average Bonchev–Trinajstić information content (AvgIpc) is 3.01. The summed E-state index contributed by atoms with van der Waals surface area (Å²) < 4.78 is 4.42. The standard InChI is InChI=1S/C14H11N3/c1-2-5-11(6-3-1)17-12-8-9-15-14(12)16-10-4-7-13(16)17/h1-10,15H. The Kier molecular flexibility index (Phi) is 1.56. The molecule has 0 radical (unpaired) electrons. The van der Waals surface area contributed by atoms with Crippen LogP contribution in [-0.2, 0) is 0 Å². The number of H-pyrrole nitrogens is 1. The first-order valence-electron chi connectivity index (χ1n) is 5.65. The highest BCUT2D eigenvalue weighted by atomic mass is 15.2. The first-order valence-corrected chi connectivity index (χ1v) is 5.65. The fraction of sp³-hybridized carbons (Fsp3) is 0. The average molecular weight is 221 g/mol. The molecule has 4 aromatic rings. The molecule has 3 heterocycles. The molecule has 1 aromatic carbocycles. The van der Waals surface area contributed by atoms with E-state index in [9.17, 15) is 0 Å². The van der Waals surface area contributed by atoms with Crippen molar-refractivity contribution in [3.05, 3.63) is 60.9 Å². The van der Waals surface area contributed by atoms with Gasteiger partial charge in [-0.1, -0.05) is 18.2 Å². The second-order valence-corrected chi connectivity index (χ2v) is 4.12. The van der Waals surface area contributed by atoms with Crippen molar-refractivity contribution in [1.29, 1.82) is 0 Å². The van der Waals surface area contributed by atoms with Gasteiger partial charge in [-0.2, -0.15) is 0 Å². The van der Waals surface area contributed by atoms with E-state index in [4.69, 9.17) is 0 Å². The van der Waals surface area contributed by atoms with E-state index in [0.29, 0.717) is 0 Å². The number of fused-ring (bicyclic) bond motifs is 3. The zero-order chi connectivity index (χ0) is 11.2. The van der Waals surface area contributed by atoms with Crippen LogP contribution in [0.15, 0.2) is 60.9 Å². The van der Waals surface area contributed by atoms with Crippen LogP contribution < -0.4 is 0 Å². The van der Waals surface area contributed by atoms with Crippen LogP contribution in [0.1, 0.15) is 0 Å². The van der Waals surface area contributed by atoms with E-state index < -0.39 is 0 Å². The minimum Gasteiger partial charge on any atom is -0.346 e. The summed E-state index contributed by atoms with van der Waals surface area (Å²) in [5.74, 6) is 0. The van der Waals surface area contributed by atoms with Crippen LogP contribution in [0.25, 0.3) is 22.5 Å². The van der Waals surface area contributed by atoms with E-state index in [1.807, 2.05) is 12.3 Å². The van der Waals surface area contributed by atoms with Gasteiger partial charge >= 0.3 is 0 Å². The highest BCUT2D eigenvalue weighted by Gasteiger charge is 2.11. The number of imidazole rings is 1. The highest BCUT2D eigenvalue weighted by molar-refractivity contribution is 5.82. The summed E-state index contributed by atoms with van der Waals surface area (Å²) in [6.07, 6.45) is 4.05. The molecular weight excluding hydrogens is 210 g/mol. The normalized spacial score (nSPS) is 11.5. The second-order valence-electron chi connectivity index (χ2n) is 4.12. The van der Waals surface area contributed by atoms with E-state index >= 15 is 0 Å². The third-order valence-corrected chi connectivity index (χ3v) is 3.16.